The zero-order valence-electron chi connectivity index (χ0n) is 36.2. The van der Waals surface area contributed by atoms with Crippen molar-refractivity contribution in [1.29, 1.82) is 0 Å². The van der Waals surface area contributed by atoms with Crippen LogP contribution in [-0.2, 0) is 52.5 Å². The molecule has 0 saturated carbocycles. The van der Waals surface area contributed by atoms with Crippen molar-refractivity contribution in [3.8, 4) is 0 Å². The van der Waals surface area contributed by atoms with E-state index in [1.54, 1.807) is 14.7 Å². The van der Waals surface area contributed by atoms with E-state index >= 15 is 0 Å². The van der Waals surface area contributed by atoms with Crippen LogP contribution in [0.3, 0.4) is 0 Å². The van der Waals surface area contributed by atoms with Crippen molar-refractivity contribution in [2.45, 2.75) is 72.1 Å². The lowest BCUT2D eigenvalue weighted by Gasteiger charge is -2.33. The van der Waals surface area contributed by atoms with Gasteiger partial charge >= 0.3 is 11.9 Å². The molecule has 2 N–H and O–H groups in total. The quantitative estimate of drug-likeness (QED) is 0.0860. The highest BCUT2D eigenvalue weighted by Crippen LogP contribution is 2.05. The topological polar surface area (TPSA) is 205 Å². The molecule has 0 spiro atoms. The van der Waals surface area contributed by atoms with Gasteiger partial charge in [0.1, 0.15) is 11.6 Å². The van der Waals surface area contributed by atoms with E-state index in [1.165, 1.54) is 13.8 Å². The molecule has 18 nitrogen and oxygen atoms in total. The highest BCUT2D eigenvalue weighted by molar-refractivity contribution is 5.85. The minimum absolute atomic E-state index is 0.00293. The maximum Gasteiger partial charge on any atom is 0.317 e. The lowest BCUT2D eigenvalue weighted by Crippen LogP contribution is -2.49. The molecule has 0 atom stereocenters. The Morgan fingerprint density at radius 1 is 0.475 bits per heavy atom. The second-order valence-corrected chi connectivity index (χ2v) is 14.9. The van der Waals surface area contributed by atoms with Crippen LogP contribution >= 0.6 is 0 Å². The first kappa shape index (κ1) is 54.1. The number of unbranched alkanes of at least 4 members (excludes halogenated alkanes) is 2. The van der Waals surface area contributed by atoms with Crippen molar-refractivity contribution in [2.24, 2.45) is 0 Å². The van der Waals surface area contributed by atoms with Crippen molar-refractivity contribution in [2.75, 3.05) is 158 Å². The molecule has 1 aliphatic rings. The molecule has 0 aliphatic carbocycles. The zero-order valence-corrected chi connectivity index (χ0v) is 36.2. The SMILES string of the molecule is CCCOCCOCCCN(CC(=O)CCCCOCCOCCOCCCCC(=O)CN1CCN(CC(C)=O)CCN(CC(=O)O)CCN(CC(=O)O)CC1)C(C)=O. The maximum atomic E-state index is 12.9. The van der Waals surface area contributed by atoms with Crippen molar-refractivity contribution < 1.29 is 62.7 Å². The number of hydrogen-bond donors (Lipinski definition) is 2. The van der Waals surface area contributed by atoms with Crippen LogP contribution in [0.4, 0.5) is 0 Å². The van der Waals surface area contributed by atoms with Gasteiger partial charge in [0.2, 0.25) is 5.91 Å². The summed E-state index contributed by atoms with van der Waals surface area (Å²) in [6.07, 6.45) is 5.26. The molecule has 1 saturated heterocycles. The van der Waals surface area contributed by atoms with Gasteiger partial charge in [0.25, 0.3) is 0 Å². The molecule has 1 fully saturated rings. The zero-order chi connectivity index (χ0) is 43.5. The van der Waals surface area contributed by atoms with E-state index < -0.39 is 11.9 Å². The third-order valence-corrected chi connectivity index (χ3v) is 9.48. The molecule has 0 aromatic rings. The number of Topliss-reactive ketones (excluding diaryl/α,β-unsaturated/α-hetero) is 3. The number of amides is 1. The molecule has 1 aliphatic heterocycles. The number of rotatable bonds is 35. The molecule has 0 aromatic heterocycles. The van der Waals surface area contributed by atoms with E-state index in [-0.39, 0.29) is 56.0 Å². The number of carbonyl (C=O) groups is 6. The van der Waals surface area contributed by atoms with Crippen molar-refractivity contribution in [3.63, 3.8) is 0 Å². The molecular weight excluding hydrogens is 770 g/mol. The molecule has 0 bridgehead atoms. The minimum atomic E-state index is -0.969. The molecule has 0 unspecified atom stereocenters. The number of carbonyl (C=O) groups excluding carboxylic acids is 4. The molecule has 0 radical (unpaired) electrons. The first-order valence-electron chi connectivity index (χ1n) is 21.4. The molecular formula is C41H75N5O13. The third kappa shape index (κ3) is 32.5. The number of carboxylic acid groups (broad SMARTS) is 2. The van der Waals surface area contributed by atoms with Crippen LogP contribution in [0, 0.1) is 0 Å². The Morgan fingerprint density at radius 2 is 0.847 bits per heavy atom. The van der Waals surface area contributed by atoms with Crippen molar-refractivity contribution in [3.05, 3.63) is 0 Å². The molecule has 1 heterocycles. The summed E-state index contributed by atoms with van der Waals surface area (Å²) >= 11 is 0. The van der Waals surface area contributed by atoms with Gasteiger partial charge < -0.3 is 38.8 Å². The predicted octanol–water partition coefficient (Wildman–Crippen LogP) is 1.18. The standard InChI is InChI=1S/C41H75N5O13/c1-4-21-55-25-26-58-24-9-12-46(37(3)48)33-39(50)11-6-8-23-57-28-30-59-29-27-56-22-7-5-10-38(49)32-43-15-13-42(31-36(2)47)14-17-44(34-40(51)52)19-20-45(18-16-43)35-41(53)54/h4-35H2,1-3H3,(H,51,52)(H,53,54). The number of ketones is 3. The summed E-state index contributed by atoms with van der Waals surface area (Å²) in [6.45, 7) is 14.4. The van der Waals surface area contributed by atoms with Crippen LogP contribution in [0.2, 0.25) is 0 Å². The van der Waals surface area contributed by atoms with Gasteiger partial charge in [-0.3, -0.25) is 48.4 Å². The Kier molecular flexibility index (Phi) is 32.8. The number of hydrogen-bond acceptors (Lipinski definition) is 15. The van der Waals surface area contributed by atoms with Gasteiger partial charge in [0, 0.05) is 105 Å². The van der Waals surface area contributed by atoms with Gasteiger partial charge in [-0.25, -0.2) is 0 Å². The Labute approximate surface area is 351 Å². The molecule has 59 heavy (non-hydrogen) atoms. The number of aliphatic carboxylic acids is 2. The molecule has 1 rings (SSSR count). The molecule has 1 amide bonds. The number of carboxylic acids is 2. The number of nitrogens with zero attached hydrogens (tertiary/aromatic N) is 5. The summed E-state index contributed by atoms with van der Waals surface area (Å²) in [7, 11) is 0. The van der Waals surface area contributed by atoms with E-state index in [2.05, 4.69) is 6.92 Å². The van der Waals surface area contributed by atoms with Gasteiger partial charge in [-0.2, -0.15) is 0 Å². The fourth-order valence-corrected chi connectivity index (χ4v) is 6.29. The Bertz CT molecular complexity index is 1150. The summed E-state index contributed by atoms with van der Waals surface area (Å²) in [5.41, 5.74) is 0. The van der Waals surface area contributed by atoms with Crippen molar-refractivity contribution >= 4 is 35.2 Å². The van der Waals surface area contributed by atoms with Gasteiger partial charge in [-0.15, -0.1) is 0 Å². The van der Waals surface area contributed by atoms with Crippen LogP contribution in [0.5, 0.6) is 0 Å². The lowest BCUT2D eigenvalue weighted by molar-refractivity contribution is -0.140. The highest BCUT2D eigenvalue weighted by atomic mass is 16.5. The van der Waals surface area contributed by atoms with E-state index in [0.717, 1.165) is 25.9 Å². The minimum Gasteiger partial charge on any atom is -0.480 e. The average molecular weight is 846 g/mol. The van der Waals surface area contributed by atoms with E-state index in [4.69, 9.17) is 23.7 Å². The highest BCUT2D eigenvalue weighted by Gasteiger charge is 2.21. The first-order chi connectivity index (χ1) is 28.4. The first-order valence-corrected chi connectivity index (χ1v) is 21.4. The Hall–Kier alpha value is -2.94. The average Bonchev–Trinajstić information content (AvgIpc) is 3.17. The summed E-state index contributed by atoms with van der Waals surface area (Å²) in [6, 6.07) is 0. The molecule has 342 valence electrons. The second kappa shape index (κ2) is 35.8. The van der Waals surface area contributed by atoms with Crippen LogP contribution in [0.1, 0.15) is 72.1 Å². The fraction of sp³-hybridized carbons (Fsp3) is 0.854. The summed E-state index contributed by atoms with van der Waals surface area (Å²) in [5.74, 6) is -1.93. The van der Waals surface area contributed by atoms with Crippen molar-refractivity contribution in [1.82, 2.24) is 24.5 Å². The van der Waals surface area contributed by atoms with E-state index in [1.807, 2.05) is 9.80 Å². The summed E-state index contributed by atoms with van der Waals surface area (Å²) in [4.78, 5) is 81.3. The van der Waals surface area contributed by atoms with Crippen LogP contribution in [-0.4, -0.2) is 228 Å². The van der Waals surface area contributed by atoms with E-state index in [9.17, 15) is 39.0 Å². The fourth-order valence-electron chi connectivity index (χ4n) is 6.29. The second-order valence-electron chi connectivity index (χ2n) is 14.9. The number of ether oxygens (including phenoxy) is 5. The monoisotopic (exact) mass is 846 g/mol. The van der Waals surface area contributed by atoms with Crippen LogP contribution in [0.15, 0.2) is 0 Å². The maximum absolute atomic E-state index is 12.9. The van der Waals surface area contributed by atoms with Gasteiger partial charge in [0.15, 0.2) is 5.78 Å². The van der Waals surface area contributed by atoms with Crippen LogP contribution in [0.25, 0.3) is 0 Å². The van der Waals surface area contributed by atoms with Gasteiger partial charge in [-0.1, -0.05) is 6.92 Å². The van der Waals surface area contributed by atoms with Crippen LogP contribution < -0.4 is 0 Å². The molecule has 0 aromatic carbocycles. The third-order valence-electron chi connectivity index (χ3n) is 9.48. The smallest absolute Gasteiger partial charge is 0.317 e. The summed E-state index contributed by atoms with van der Waals surface area (Å²) < 4.78 is 27.7. The van der Waals surface area contributed by atoms with E-state index in [0.29, 0.717) is 150 Å². The Balaban J connectivity index is 2.20. The largest absolute Gasteiger partial charge is 0.480 e. The predicted molar refractivity (Wildman–Crippen MR) is 221 cm³/mol. The molecule has 18 heteroatoms. The van der Waals surface area contributed by atoms with Gasteiger partial charge in [0.05, 0.1) is 72.4 Å². The normalized spacial score (nSPS) is 15.4. The lowest BCUT2D eigenvalue weighted by atomic mass is 10.1. The summed E-state index contributed by atoms with van der Waals surface area (Å²) in [5, 5.41) is 18.8. The Morgan fingerprint density at radius 3 is 1.25 bits per heavy atom. The van der Waals surface area contributed by atoms with Gasteiger partial charge in [-0.05, 0) is 45.4 Å².